The molecule has 0 spiro atoms. The molecule has 0 atom stereocenters. The summed E-state index contributed by atoms with van der Waals surface area (Å²) in [6, 6.07) is 34.5. The molecule has 0 aliphatic carbocycles. The second-order valence-corrected chi connectivity index (χ2v) is 10.4. The molecule has 6 heteroatoms. The maximum atomic E-state index is 14.4. The van der Waals surface area contributed by atoms with E-state index in [-0.39, 0.29) is 5.91 Å². The maximum absolute atomic E-state index is 14.4. The zero-order chi connectivity index (χ0) is 23.1. The van der Waals surface area contributed by atoms with Crippen LogP contribution in [-0.2, 0) is 9.09 Å². The van der Waals surface area contributed by atoms with Gasteiger partial charge in [0.1, 0.15) is 0 Å². The Balaban J connectivity index is 1.73. The third-order valence-electron chi connectivity index (χ3n) is 4.92. The summed E-state index contributed by atoms with van der Waals surface area (Å²) in [7, 11) is -3.51. The lowest BCUT2D eigenvalue weighted by Gasteiger charge is -2.22. The van der Waals surface area contributed by atoms with E-state index in [2.05, 4.69) is 21.2 Å². The molecule has 0 aromatic heterocycles. The van der Waals surface area contributed by atoms with E-state index in [1.165, 1.54) is 6.20 Å². The Bertz CT molecular complexity index is 1250. The molecule has 0 radical (unpaired) electrons. The van der Waals surface area contributed by atoms with Crippen LogP contribution in [-0.4, -0.2) is 5.91 Å². The zero-order valence-corrected chi connectivity index (χ0v) is 20.1. The van der Waals surface area contributed by atoms with Crippen LogP contribution in [0.3, 0.4) is 0 Å². The topological polar surface area (TPSA) is 55.4 Å². The fraction of sp³-hybridized carbons (Fsp3) is 0. The predicted octanol–water partition coefficient (Wildman–Crippen LogP) is 6.12. The molecule has 0 unspecified atom stereocenters. The van der Waals surface area contributed by atoms with E-state index in [1.54, 1.807) is 48.5 Å². The molecule has 0 aliphatic heterocycles. The van der Waals surface area contributed by atoms with Crippen molar-refractivity contribution in [3.8, 4) is 0 Å². The average molecular weight is 518 g/mol. The molecular weight excluding hydrogens is 497 g/mol. The van der Waals surface area contributed by atoms with Crippen LogP contribution in [0, 0.1) is 0 Å². The van der Waals surface area contributed by atoms with Crippen molar-refractivity contribution in [3.05, 3.63) is 137 Å². The highest BCUT2D eigenvalue weighted by molar-refractivity contribution is 9.10. The lowest BCUT2D eigenvalue weighted by atomic mass is 10.2. The van der Waals surface area contributed by atoms with Crippen molar-refractivity contribution in [1.29, 1.82) is 0 Å². The number of carbonyl (C=O) groups is 1. The molecule has 0 bridgehead atoms. The van der Waals surface area contributed by atoms with Gasteiger partial charge in [-0.2, -0.15) is 0 Å². The quantitative estimate of drug-likeness (QED) is 0.237. The van der Waals surface area contributed by atoms with Gasteiger partial charge in [-0.05, 0) is 48.5 Å². The summed E-state index contributed by atoms with van der Waals surface area (Å²) in [5.74, 6) is 0.00545. The number of halogens is 1. The number of hydrogen-bond donors (Lipinski definition) is 1. The Morgan fingerprint density at radius 2 is 1.18 bits per heavy atom. The molecular formula is C27H21BrNO3P. The largest absolute Gasteiger partial charge is 0.435 e. The lowest BCUT2D eigenvalue weighted by Crippen LogP contribution is -2.20. The van der Waals surface area contributed by atoms with Gasteiger partial charge >= 0.3 is 7.37 Å². The van der Waals surface area contributed by atoms with Crippen molar-refractivity contribution >= 4 is 45.6 Å². The van der Waals surface area contributed by atoms with Crippen molar-refractivity contribution in [2.24, 2.45) is 0 Å². The fourth-order valence-corrected chi connectivity index (χ4v) is 5.56. The number of hydrogen-bond acceptors (Lipinski definition) is 3. The Morgan fingerprint density at radius 3 is 1.70 bits per heavy atom. The van der Waals surface area contributed by atoms with Gasteiger partial charge in [0.15, 0.2) is 5.76 Å². The highest BCUT2D eigenvalue weighted by Crippen LogP contribution is 2.48. The lowest BCUT2D eigenvalue weighted by molar-refractivity contribution is 0.0969. The Labute approximate surface area is 201 Å². The molecule has 164 valence electrons. The van der Waals surface area contributed by atoms with Crippen LogP contribution in [0.15, 0.2) is 126 Å². The Morgan fingerprint density at radius 1 is 0.697 bits per heavy atom. The Kier molecular flexibility index (Phi) is 7.23. The highest BCUT2D eigenvalue weighted by atomic mass is 79.9. The van der Waals surface area contributed by atoms with Gasteiger partial charge in [0.05, 0.1) is 10.6 Å². The van der Waals surface area contributed by atoms with Crippen LogP contribution in [0.5, 0.6) is 0 Å². The van der Waals surface area contributed by atoms with Crippen molar-refractivity contribution in [2.45, 2.75) is 0 Å². The first-order chi connectivity index (χ1) is 16.1. The van der Waals surface area contributed by atoms with Crippen LogP contribution < -0.4 is 15.9 Å². The molecule has 4 rings (SSSR count). The Hall–Kier alpha value is -3.40. The number of nitrogens with one attached hydrogen (secondary N) is 1. The van der Waals surface area contributed by atoms with E-state index < -0.39 is 7.37 Å². The molecule has 0 saturated carbocycles. The molecule has 4 aromatic carbocycles. The number of benzene rings is 4. The average Bonchev–Trinajstić information content (AvgIpc) is 2.88. The summed E-state index contributed by atoms with van der Waals surface area (Å²) in [4.78, 5) is 12.7. The van der Waals surface area contributed by atoms with Crippen molar-refractivity contribution < 1.29 is 13.9 Å². The van der Waals surface area contributed by atoms with Gasteiger partial charge in [-0.25, -0.2) is 0 Å². The smallest absolute Gasteiger partial charge is 0.306 e. The summed E-state index contributed by atoms with van der Waals surface area (Å²) in [5, 5.41) is 3.91. The zero-order valence-electron chi connectivity index (χ0n) is 17.6. The second kappa shape index (κ2) is 10.5. The van der Waals surface area contributed by atoms with Gasteiger partial charge in [0.25, 0.3) is 5.91 Å². The van der Waals surface area contributed by atoms with E-state index in [1.807, 2.05) is 66.7 Å². The molecule has 1 amide bonds. The number of carbonyl (C=O) groups excluding carboxylic acids is 1. The van der Waals surface area contributed by atoms with E-state index in [9.17, 15) is 9.36 Å². The molecule has 4 aromatic rings. The van der Waals surface area contributed by atoms with Gasteiger partial charge in [-0.3, -0.25) is 9.36 Å². The molecule has 4 nitrogen and oxygen atoms in total. The van der Waals surface area contributed by atoms with Gasteiger partial charge in [-0.1, -0.05) is 82.7 Å². The summed E-state index contributed by atoms with van der Waals surface area (Å²) in [5.41, 5.74) is 1.19. The van der Waals surface area contributed by atoms with E-state index >= 15 is 0 Å². The minimum Gasteiger partial charge on any atom is -0.435 e. The third kappa shape index (κ3) is 5.51. The van der Waals surface area contributed by atoms with E-state index in [0.29, 0.717) is 27.5 Å². The molecule has 0 fully saturated rings. The number of amides is 1. The monoisotopic (exact) mass is 517 g/mol. The normalized spacial score (nSPS) is 11.6. The van der Waals surface area contributed by atoms with Crippen molar-refractivity contribution in [2.75, 3.05) is 0 Å². The van der Waals surface area contributed by atoms with Gasteiger partial charge in [0.2, 0.25) is 0 Å². The molecule has 0 saturated heterocycles. The second-order valence-electron chi connectivity index (χ2n) is 7.17. The summed E-state index contributed by atoms with van der Waals surface area (Å²) < 4.78 is 21.6. The highest BCUT2D eigenvalue weighted by Gasteiger charge is 2.31. The molecule has 0 aliphatic rings. The molecule has 1 N–H and O–H groups in total. The van der Waals surface area contributed by atoms with E-state index in [0.717, 1.165) is 4.47 Å². The summed E-state index contributed by atoms with van der Waals surface area (Å²) in [6.45, 7) is 0. The van der Waals surface area contributed by atoms with Crippen LogP contribution >= 0.6 is 23.3 Å². The number of rotatable bonds is 7. The first-order valence-corrected chi connectivity index (χ1v) is 12.7. The standard InChI is InChI=1S/C27H21BrNO3P/c28-23-18-16-22(17-19-23)27(30)29-20-26(21-10-4-1-5-11-21)32-33(31,24-12-6-2-7-13-24)25-14-8-3-9-15-25/h1-20H,(H,29,30). The minimum atomic E-state index is -3.51. The van der Waals surface area contributed by atoms with Crippen molar-refractivity contribution in [1.82, 2.24) is 5.32 Å². The SMILES string of the molecule is O=C(NC=C(OP(=O)(c1ccccc1)c1ccccc1)c1ccccc1)c1ccc(Br)cc1. The summed E-state index contributed by atoms with van der Waals surface area (Å²) in [6.07, 6.45) is 1.47. The minimum absolute atomic E-state index is 0.297. The maximum Gasteiger partial charge on any atom is 0.306 e. The molecule has 0 heterocycles. The predicted molar refractivity (Wildman–Crippen MR) is 137 cm³/mol. The summed E-state index contributed by atoms with van der Waals surface area (Å²) >= 11 is 3.37. The molecule has 33 heavy (non-hydrogen) atoms. The first kappa shape index (κ1) is 22.8. The fourth-order valence-electron chi connectivity index (χ4n) is 3.22. The van der Waals surface area contributed by atoms with Crippen LogP contribution in [0.4, 0.5) is 0 Å². The van der Waals surface area contributed by atoms with Crippen LogP contribution in [0.25, 0.3) is 5.76 Å². The van der Waals surface area contributed by atoms with Crippen LogP contribution in [0.1, 0.15) is 15.9 Å². The third-order valence-corrected chi connectivity index (χ3v) is 7.86. The van der Waals surface area contributed by atoms with Gasteiger partial charge < -0.3 is 9.84 Å². The van der Waals surface area contributed by atoms with Crippen molar-refractivity contribution in [3.63, 3.8) is 0 Å². The van der Waals surface area contributed by atoms with Gasteiger partial charge in [0, 0.05) is 21.8 Å². The van der Waals surface area contributed by atoms with Gasteiger partial charge in [-0.15, -0.1) is 0 Å². The van der Waals surface area contributed by atoms with E-state index in [4.69, 9.17) is 4.52 Å². The first-order valence-electron chi connectivity index (χ1n) is 10.3. The van der Waals surface area contributed by atoms with Crippen LogP contribution in [0.2, 0.25) is 0 Å².